The van der Waals surface area contributed by atoms with Crippen molar-refractivity contribution in [2.45, 2.75) is 19.3 Å². The molecule has 0 saturated carbocycles. The average Bonchev–Trinajstić information content (AvgIpc) is 3.27. The highest BCUT2D eigenvalue weighted by Gasteiger charge is 2.40. The lowest BCUT2D eigenvalue weighted by Gasteiger charge is -2.29. The van der Waals surface area contributed by atoms with E-state index in [4.69, 9.17) is 4.74 Å². The van der Waals surface area contributed by atoms with E-state index in [1.165, 1.54) is 27.8 Å². The van der Waals surface area contributed by atoms with Crippen LogP contribution in [0.3, 0.4) is 0 Å². The molecule has 6 aromatic rings. The molecule has 4 heteroatoms. The fourth-order valence-electron chi connectivity index (χ4n) is 6.63. The lowest BCUT2D eigenvalue weighted by molar-refractivity contribution is 0.485. The van der Waals surface area contributed by atoms with Crippen LogP contribution in [0.4, 0.5) is 0 Å². The Morgan fingerprint density at radius 3 is 1.93 bits per heavy atom. The molecule has 1 unspecified atom stereocenters. The lowest BCUT2D eigenvalue weighted by atomic mass is 9.81. The van der Waals surface area contributed by atoms with Gasteiger partial charge in [-0.3, -0.25) is 4.98 Å². The Hall–Kier alpha value is -4.72. The van der Waals surface area contributed by atoms with Crippen LogP contribution in [0.25, 0.3) is 33.4 Å². The number of aromatic nitrogens is 1. The van der Waals surface area contributed by atoms with E-state index in [1.54, 1.807) is 0 Å². The van der Waals surface area contributed by atoms with Gasteiger partial charge in [-0.15, -0.1) is 0 Å². The Kier molecular flexibility index (Phi) is 5.45. The van der Waals surface area contributed by atoms with Crippen LogP contribution in [-0.2, 0) is 9.98 Å². The predicted octanol–water partition coefficient (Wildman–Crippen LogP) is 8.47. The van der Waals surface area contributed by atoms with E-state index in [-0.39, 0.29) is 5.41 Å². The Balaban J connectivity index is 1.25. The van der Waals surface area contributed by atoms with Gasteiger partial charge in [0.25, 0.3) is 0 Å². The predicted molar refractivity (Wildman–Crippen MR) is 172 cm³/mol. The smallest absolute Gasteiger partial charge is 0.178 e. The highest BCUT2D eigenvalue weighted by Crippen LogP contribution is 2.53. The van der Waals surface area contributed by atoms with Crippen molar-refractivity contribution in [3.05, 3.63) is 145 Å². The summed E-state index contributed by atoms with van der Waals surface area (Å²) in [4.78, 5) is 4.32. The number of benzene rings is 5. The van der Waals surface area contributed by atoms with Gasteiger partial charge in [0.1, 0.15) is 11.5 Å². The molecule has 0 radical (unpaired) electrons. The normalized spacial score (nSPS) is 17.4. The van der Waals surface area contributed by atoms with Gasteiger partial charge in [-0.1, -0.05) is 92.7 Å². The number of pyridine rings is 1. The summed E-state index contributed by atoms with van der Waals surface area (Å²) in [7, 11) is -3.15. The van der Waals surface area contributed by atoms with Gasteiger partial charge < -0.3 is 9.30 Å². The Morgan fingerprint density at radius 2 is 1.21 bits per heavy atom. The first-order valence-electron chi connectivity index (χ1n) is 14.2. The third-order valence-electron chi connectivity index (χ3n) is 8.85. The molecule has 1 aliphatic heterocycles. The summed E-state index contributed by atoms with van der Waals surface area (Å²) in [5, 5.41) is 2.30. The first-order chi connectivity index (χ1) is 20.4. The Morgan fingerprint density at radius 1 is 0.595 bits per heavy atom. The molecule has 1 aliphatic carbocycles. The van der Waals surface area contributed by atoms with Crippen molar-refractivity contribution in [2.24, 2.45) is 0 Å². The minimum atomic E-state index is -3.15. The Labute approximate surface area is 245 Å². The molecule has 0 N–H and O–H groups in total. The first-order valence-corrected chi connectivity index (χ1v) is 15.9. The van der Waals surface area contributed by atoms with Crippen molar-refractivity contribution in [3.63, 3.8) is 0 Å². The molecule has 2 heterocycles. The molecule has 202 valence electrons. The third kappa shape index (κ3) is 3.60. The van der Waals surface area contributed by atoms with E-state index in [2.05, 4.69) is 73.4 Å². The van der Waals surface area contributed by atoms with Crippen LogP contribution in [0.2, 0.25) is 0 Å². The molecule has 5 aromatic carbocycles. The summed E-state index contributed by atoms with van der Waals surface area (Å²) in [5.41, 5.74) is 9.41. The standard InChI is InChI=1S/C38H28NO2P/c1-38(2)32-21-25(14-17-30(32)31-18-15-26(22-33(31)38)28-9-8-20-39-24-28)27-16-19-35-37(23-27)42(40,29-10-4-3-5-11-29)36-13-7-6-12-34(36)41-35/h3-24H,1-2H3. The molecule has 1 atom stereocenters. The van der Waals surface area contributed by atoms with Gasteiger partial charge in [0.2, 0.25) is 0 Å². The maximum Gasteiger partial charge on any atom is 0.178 e. The quantitative estimate of drug-likeness (QED) is 0.203. The molecule has 2 aliphatic rings. The molecular formula is C38H28NO2P. The van der Waals surface area contributed by atoms with Crippen LogP contribution in [-0.4, -0.2) is 4.98 Å². The third-order valence-corrected chi connectivity index (χ3v) is 11.9. The minimum Gasteiger partial charge on any atom is -0.456 e. The number of rotatable bonds is 3. The molecule has 42 heavy (non-hydrogen) atoms. The van der Waals surface area contributed by atoms with Crippen molar-refractivity contribution in [3.8, 4) is 44.9 Å². The van der Waals surface area contributed by atoms with Gasteiger partial charge in [-0.05, 0) is 87.0 Å². The molecule has 8 rings (SSSR count). The van der Waals surface area contributed by atoms with Crippen LogP contribution in [0.5, 0.6) is 11.5 Å². The summed E-state index contributed by atoms with van der Waals surface area (Å²) >= 11 is 0. The molecule has 0 fully saturated rings. The van der Waals surface area contributed by atoms with Crippen LogP contribution in [0.15, 0.2) is 134 Å². The summed E-state index contributed by atoms with van der Waals surface area (Å²) < 4.78 is 21.5. The van der Waals surface area contributed by atoms with Crippen molar-refractivity contribution in [2.75, 3.05) is 0 Å². The zero-order chi connectivity index (χ0) is 28.5. The lowest BCUT2D eigenvalue weighted by Crippen LogP contribution is -2.30. The Bertz CT molecular complexity index is 2070. The van der Waals surface area contributed by atoms with Gasteiger partial charge >= 0.3 is 0 Å². The van der Waals surface area contributed by atoms with Gasteiger partial charge in [0.15, 0.2) is 7.14 Å². The average molecular weight is 562 g/mol. The second kappa shape index (κ2) is 9.14. The van der Waals surface area contributed by atoms with Gasteiger partial charge in [0, 0.05) is 23.1 Å². The van der Waals surface area contributed by atoms with Crippen molar-refractivity contribution < 1.29 is 9.30 Å². The van der Waals surface area contributed by atoms with E-state index in [0.29, 0.717) is 11.5 Å². The minimum absolute atomic E-state index is 0.172. The second-order valence-corrected chi connectivity index (χ2v) is 14.3. The molecular weight excluding hydrogens is 533 g/mol. The van der Waals surface area contributed by atoms with E-state index in [1.807, 2.05) is 79.1 Å². The highest BCUT2D eigenvalue weighted by atomic mass is 31.2. The maximum absolute atomic E-state index is 15.2. The number of fused-ring (bicyclic) bond motifs is 5. The van der Waals surface area contributed by atoms with Gasteiger partial charge in [0.05, 0.1) is 10.6 Å². The zero-order valence-corrected chi connectivity index (χ0v) is 24.3. The SMILES string of the molecule is CC1(C)c2cc(-c3cccnc3)ccc2-c2ccc(-c3ccc4c(c3)P(=O)(c3ccccc3)c3ccccc3O4)cc21. The second-order valence-electron chi connectivity index (χ2n) is 11.6. The fraction of sp³-hybridized carbons (Fsp3) is 0.0789. The summed E-state index contributed by atoms with van der Waals surface area (Å²) in [6.07, 6.45) is 3.73. The number of ether oxygens (including phenoxy) is 1. The number of para-hydroxylation sites is 1. The monoisotopic (exact) mass is 561 g/mol. The largest absolute Gasteiger partial charge is 0.456 e. The van der Waals surface area contributed by atoms with E-state index in [9.17, 15) is 0 Å². The number of hydrogen-bond acceptors (Lipinski definition) is 3. The van der Waals surface area contributed by atoms with Gasteiger partial charge in [-0.2, -0.15) is 0 Å². The van der Waals surface area contributed by atoms with E-state index in [0.717, 1.165) is 32.6 Å². The zero-order valence-electron chi connectivity index (χ0n) is 23.4. The van der Waals surface area contributed by atoms with Crippen LogP contribution < -0.4 is 20.7 Å². The molecule has 0 spiro atoms. The van der Waals surface area contributed by atoms with Crippen molar-refractivity contribution >= 4 is 23.1 Å². The number of nitrogens with zero attached hydrogens (tertiary/aromatic N) is 1. The number of hydrogen-bond donors (Lipinski definition) is 0. The molecule has 0 saturated heterocycles. The highest BCUT2D eigenvalue weighted by molar-refractivity contribution is 7.85. The molecule has 0 amide bonds. The van der Waals surface area contributed by atoms with E-state index < -0.39 is 7.14 Å². The van der Waals surface area contributed by atoms with E-state index >= 15 is 4.57 Å². The maximum atomic E-state index is 15.2. The molecule has 0 bridgehead atoms. The van der Waals surface area contributed by atoms with Crippen molar-refractivity contribution in [1.29, 1.82) is 0 Å². The van der Waals surface area contributed by atoms with Crippen LogP contribution in [0, 0.1) is 0 Å². The summed E-state index contributed by atoms with van der Waals surface area (Å²) in [5.74, 6) is 1.31. The summed E-state index contributed by atoms with van der Waals surface area (Å²) in [6, 6.07) is 41.2. The first kappa shape index (κ1) is 25.0. The van der Waals surface area contributed by atoms with Crippen LogP contribution in [0.1, 0.15) is 25.0 Å². The molecule has 3 nitrogen and oxygen atoms in total. The fourth-order valence-corrected chi connectivity index (χ4v) is 9.51. The van der Waals surface area contributed by atoms with Gasteiger partial charge in [-0.25, -0.2) is 0 Å². The van der Waals surface area contributed by atoms with Crippen LogP contribution >= 0.6 is 7.14 Å². The van der Waals surface area contributed by atoms with Crippen molar-refractivity contribution in [1.82, 2.24) is 4.98 Å². The summed E-state index contributed by atoms with van der Waals surface area (Å²) in [6.45, 7) is 4.60. The molecule has 1 aromatic heterocycles. The topological polar surface area (TPSA) is 39.2 Å².